The van der Waals surface area contributed by atoms with Crippen LogP contribution in [0, 0.1) is 11.6 Å². The van der Waals surface area contributed by atoms with Gasteiger partial charge in [-0.25, -0.2) is 8.78 Å². The van der Waals surface area contributed by atoms with Crippen LogP contribution in [0.2, 0.25) is 0 Å². The van der Waals surface area contributed by atoms with Gasteiger partial charge in [0.2, 0.25) is 0 Å². The number of benzene rings is 1. The molecule has 0 aliphatic carbocycles. The van der Waals surface area contributed by atoms with E-state index in [0.29, 0.717) is 31.8 Å². The molecule has 2 N–H and O–H groups in total. The average Bonchev–Trinajstić information content (AvgIpc) is 2.35. The van der Waals surface area contributed by atoms with E-state index in [9.17, 15) is 8.78 Å². The highest BCUT2D eigenvalue weighted by atomic mass is 19.2. The maximum Gasteiger partial charge on any atom is 0.163 e. The molecule has 2 rings (SSSR count). The molecular formula is C13H18F2N2O. The van der Waals surface area contributed by atoms with E-state index in [0.717, 1.165) is 6.07 Å². The lowest BCUT2D eigenvalue weighted by molar-refractivity contribution is -0.0406. The van der Waals surface area contributed by atoms with Crippen molar-refractivity contribution >= 4 is 0 Å². The first-order valence-corrected chi connectivity index (χ1v) is 6.10. The van der Waals surface area contributed by atoms with Crippen molar-refractivity contribution in [1.29, 1.82) is 0 Å². The summed E-state index contributed by atoms with van der Waals surface area (Å²) in [6.45, 7) is 4.20. The minimum Gasteiger partial charge on any atom is -0.374 e. The van der Waals surface area contributed by atoms with Crippen LogP contribution in [-0.2, 0) is 11.3 Å². The van der Waals surface area contributed by atoms with E-state index >= 15 is 0 Å². The molecule has 18 heavy (non-hydrogen) atoms. The zero-order valence-corrected chi connectivity index (χ0v) is 10.4. The molecule has 2 unspecified atom stereocenters. The summed E-state index contributed by atoms with van der Waals surface area (Å²) in [7, 11) is 0. The second kappa shape index (κ2) is 5.73. The van der Waals surface area contributed by atoms with Crippen LogP contribution < -0.4 is 5.73 Å². The van der Waals surface area contributed by atoms with Gasteiger partial charge in [0.25, 0.3) is 0 Å². The quantitative estimate of drug-likeness (QED) is 0.891. The van der Waals surface area contributed by atoms with Gasteiger partial charge >= 0.3 is 0 Å². The first-order chi connectivity index (χ1) is 8.58. The smallest absolute Gasteiger partial charge is 0.163 e. The fraction of sp³-hybridized carbons (Fsp3) is 0.538. The summed E-state index contributed by atoms with van der Waals surface area (Å²) in [6.07, 6.45) is -0.0460. The number of rotatable bonds is 3. The van der Waals surface area contributed by atoms with Crippen LogP contribution in [0.5, 0.6) is 0 Å². The van der Waals surface area contributed by atoms with E-state index in [1.807, 2.05) is 11.8 Å². The molecule has 100 valence electrons. The molecule has 1 fully saturated rings. The van der Waals surface area contributed by atoms with Gasteiger partial charge in [-0.15, -0.1) is 0 Å². The largest absolute Gasteiger partial charge is 0.374 e. The monoisotopic (exact) mass is 256 g/mol. The van der Waals surface area contributed by atoms with E-state index in [-0.39, 0.29) is 12.1 Å². The van der Waals surface area contributed by atoms with Gasteiger partial charge in [-0.05, 0) is 13.0 Å². The zero-order valence-electron chi connectivity index (χ0n) is 10.4. The van der Waals surface area contributed by atoms with Gasteiger partial charge in [0.1, 0.15) is 0 Å². The Morgan fingerprint density at radius 2 is 2.28 bits per heavy atom. The maximum absolute atomic E-state index is 13.6. The zero-order chi connectivity index (χ0) is 13.1. The first-order valence-electron chi connectivity index (χ1n) is 6.10. The minimum atomic E-state index is -0.801. The Labute approximate surface area is 106 Å². The topological polar surface area (TPSA) is 38.5 Å². The summed E-state index contributed by atoms with van der Waals surface area (Å²) in [5, 5.41) is 0. The average molecular weight is 256 g/mol. The predicted octanol–water partition coefficient (Wildman–Crippen LogP) is 1.51. The van der Waals surface area contributed by atoms with E-state index in [1.165, 1.54) is 6.07 Å². The highest BCUT2D eigenvalue weighted by Crippen LogP contribution is 2.16. The Hall–Kier alpha value is -1.04. The van der Waals surface area contributed by atoms with Crippen molar-refractivity contribution in [3.8, 4) is 0 Å². The Kier molecular flexibility index (Phi) is 4.27. The van der Waals surface area contributed by atoms with Crippen LogP contribution in [0.25, 0.3) is 0 Å². The molecular weight excluding hydrogens is 238 g/mol. The second-order valence-corrected chi connectivity index (χ2v) is 4.72. The van der Waals surface area contributed by atoms with Crippen LogP contribution in [0.4, 0.5) is 8.78 Å². The fourth-order valence-electron chi connectivity index (χ4n) is 2.10. The van der Waals surface area contributed by atoms with Crippen molar-refractivity contribution in [2.75, 3.05) is 19.7 Å². The van der Waals surface area contributed by atoms with Crippen molar-refractivity contribution in [2.45, 2.75) is 25.6 Å². The highest BCUT2D eigenvalue weighted by molar-refractivity contribution is 5.18. The van der Waals surface area contributed by atoms with Gasteiger partial charge < -0.3 is 10.5 Å². The van der Waals surface area contributed by atoms with E-state index in [1.54, 1.807) is 6.07 Å². The van der Waals surface area contributed by atoms with Gasteiger partial charge in [-0.1, -0.05) is 12.1 Å². The van der Waals surface area contributed by atoms with Crippen molar-refractivity contribution in [1.82, 2.24) is 4.90 Å². The summed E-state index contributed by atoms with van der Waals surface area (Å²) >= 11 is 0. The number of morpholine rings is 1. The van der Waals surface area contributed by atoms with Crippen molar-refractivity contribution in [3.05, 3.63) is 35.4 Å². The molecule has 1 aromatic carbocycles. The van der Waals surface area contributed by atoms with Crippen molar-refractivity contribution in [2.24, 2.45) is 5.73 Å². The molecule has 5 heteroatoms. The SMILES string of the molecule is CC(N)C1CN(Cc2cccc(F)c2F)CCO1. The molecule has 0 aromatic heterocycles. The Bertz CT molecular complexity index is 412. The Morgan fingerprint density at radius 1 is 1.50 bits per heavy atom. The van der Waals surface area contributed by atoms with Crippen LogP contribution in [0.15, 0.2) is 18.2 Å². The lowest BCUT2D eigenvalue weighted by atomic mass is 10.1. The van der Waals surface area contributed by atoms with E-state index in [2.05, 4.69) is 0 Å². The number of hydrogen-bond acceptors (Lipinski definition) is 3. The van der Waals surface area contributed by atoms with Gasteiger partial charge in [-0.3, -0.25) is 4.90 Å². The fourth-order valence-corrected chi connectivity index (χ4v) is 2.10. The molecule has 0 bridgehead atoms. The lowest BCUT2D eigenvalue weighted by Crippen LogP contribution is -2.49. The molecule has 1 saturated heterocycles. The van der Waals surface area contributed by atoms with E-state index < -0.39 is 11.6 Å². The number of ether oxygens (including phenoxy) is 1. The van der Waals surface area contributed by atoms with Crippen LogP contribution in [0.1, 0.15) is 12.5 Å². The van der Waals surface area contributed by atoms with Crippen LogP contribution >= 0.6 is 0 Å². The standard InChI is InChI=1S/C13H18F2N2O/c1-9(16)12-8-17(5-6-18-12)7-10-3-2-4-11(14)13(10)15/h2-4,9,12H,5-8,16H2,1H3. The second-order valence-electron chi connectivity index (χ2n) is 4.72. The highest BCUT2D eigenvalue weighted by Gasteiger charge is 2.24. The number of hydrogen-bond donors (Lipinski definition) is 1. The van der Waals surface area contributed by atoms with Crippen LogP contribution in [0.3, 0.4) is 0 Å². The maximum atomic E-state index is 13.6. The van der Waals surface area contributed by atoms with Gasteiger partial charge in [0, 0.05) is 31.2 Å². The predicted molar refractivity (Wildman–Crippen MR) is 65.0 cm³/mol. The molecule has 0 radical (unpaired) electrons. The minimum absolute atomic E-state index is 0.0460. The van der Waals surface area contributed by atoms with Gasteiger partial charge in [-0.2, -0.15) is 0 Å². The molecule has 1 aromatic rings. The third kappa shape index (κ3) is 3.04. The molecule has 2 atom stereocenters. The summed E-state index contributed by atoms with van der Waals surface area (Å²) < 4.78 is 32.2. The normalized spacial score (nSPS) is 23.0. The summed E-state index contributed by atoms with van der Waals surface area (Å²) in [5.41, 5.74) is 6.17. The summed E-state index contributed by atoms with van der Waals surface area (Å²) in [6, 6.07) is 4.19. The first kappa shape index (κ1) is 13.4. The summed E-state index contributed by atoms with van der Waals surface area (Å²) in [5.74, 6) is -1.56. The Balaban J connectivity index is 2.03. The van der Waals surface area contributed by atoms with E-state index in [4.69, 9.17) is 10.5 Å². The number of halogens is 2. The molecule has 0 spiro atoms. The number of nitrogens with zero attached hydrogens (tertiary/aromatic N) is 1. The van der Waals surface area contributed by atoms with Gasteiger partial charge in [0.05, 0.1) is 12.7 Å². The van der Waals surface area contributed by atoms with Crippen LogP contribution in [-0.4, -0.2) is 36.7 Å². The Morgan fingerprint density at radius 3 is 3.00 bits per heavy atom. The molecule has 1 aliphatic rings. The molecule has 0 amide bonds. The van der Waals surface area contributed by atoms with Crippen molar-refractivity contribution < 1.29 is 13.5 Å². The number of nitrogens with two attached hydrogens (primary N) is 1. The van der Waals surface area contributed by atoms with Crippen molar-refractivity contribution in [3.63, 3.8) is 0 Å². The molecule has 0 saturated carbocycles. The summed E-state index contributed by atoms with van der Waals surface area (Å²) in [4.78, 5) is 2.04. The lowest BCUT2D eigenvalue weighted by Gasteiger charge is -2.34. The third-order valence-corrected chi connectivity index (χ3v) is 3.19. The molecule has 1 aliphatic heterocycles. The molecule has 1 heterocycles. The molecule has 3 nitrogen and oxygen atoms in total. The van der Waals surface area contributed by atoms with Gasteiger partial charge in [0.15, 0.2) is 11.6 Å². The third-order valence-electron chi connectivity index (χ3n) is 3.19.